The molecule has 4 aromatic rings. The Morgan fingerprint density at radius 3 is 1.21 bits per heavy atom. The maximum atomic E-state index is 13.0. The summed E-state index contributed by atoms with van der Waals surface area (Å²) in [5.74, 6) is -0.538. The second-order valence-corrected chi connectivity index (χ2v) is 6.69. The van der Waals surface area contributed by atoms with Gasteiger partial charge in [-0.2, -0.15) is 0 Å². The third kappa shape index (κ3) is 4.04. The van der Waals surface area contributed by atoms with Crippen molar-refractivity contribution in [1.29, 1.82) is 0 Å². The van der Waals surface area contributed by atoms with Crippen molar-refractivity contribution in [1.82, 2.24) is 0 Å². The molecule has 0 fully saturated rings. The van der Waals surface area contributed by atoms with Gasteiger partial charge in [-0.15, -0.1) is 0 Å². The van der Waals surface area contributed by atoms with Gasteiger partial charge >= 0.3 is 0 Å². The molecular weight excluding hydrogens is 363 g/mol. The number of ketones is 2. The molecule has 140 valence electrons. The van der Waals surface area contributed by atoms with E-state index in [4.69, 9.17) is 0 Å². The first-order chi connectivity index (χ1) is 14.1. The van der Waals surface area contributed by atoms with Crippen LogP contribution in [0.3, 0.4) is 0 Å². The van der Waals surface area contributed by atoms with Crippen LogP contribution in [0.2, 0.25) is 0 Å². The molecule has 0 unspecified atom stereocenters. The van der Waals surface area contributed by atoms with Crippen molar-refractivity contribution in [3.05, 3.63) is 131 Å². The lowest BCUT2D eigenvalue weighted by Gasteiger charge is -2.06. The second-order valence-electron chi connectivity index (χ2n) is 6.69. The number of carbonyl (C=O) groups is 2. The Bertz CT molecular complexity index is 1140. The van der Waals surface area contributed by atoms with Crippen molar-refractivity contribution in [2.75, 3.05) is 0 Å². The van der Waals surface area contributed by atoms with Crippen LogP contribution in [0.4, 0.5) is 4.39 Å². The van der Waals surface area contributed by atoms with Gasteiger partial charge in [0, 0.05) is 22.3 Å². The van der Waals surface area contributed by atoms with Gasteiger partial charge in [-0.05, 0) is 35.4 Å². The predicted octanol–water partition coefficient (Wildman–Crippen LogP) is 5.95. The molecule has 4 rings (SSSR count). The summed E-state index contributed by atoms with van der Waals surface area (Å²) in [5.41, 5.74) is 4.17. The molecular formula is C26H17FO2. The SMILES string of the molecule is O=C(c1ccccc1)c1ccc(-c2ccc(C(=O)c3ccc(F)cc3)cc2)cc1. The van der Waals surface area contributed by atoms with E-state index >= 15 is 0 Å². The van der Waals surface area contributed by atoms with Crippen LogP contribution in [-0.4, -0.2) is 11.6 Å². The van der Waals surface area contributed by atoms with E-state index in [-0.39, 0.29) is 17.4 Å². The van der Waals surface area contributed by atoms with E-state index in [1.807, 2.05) is 54.6 Å². The summed E-state index contributed by atoms with van der Waals surface area (Å²) in [6, 6.07) is 29.3. The molecule has 0 saturated carbocycles. The lowest BCUT2D eigenvalue weighted by atomic mass is 9.97. The van der Waals surface area contributed by atoms with Crippen molar-refractivity contribution in [2.45, 2.75) is 0 Å². The fourth-order valence-corrected chi connectivity index (χ4v) is 3.15. The number of hydrogen-bond acceptors (Lipinski definition) is 2. The predicted molar refractivity (Wildman–Crippen MR) is 112 cm³/mol. The third-order valence-corrected chi connectivity index (χ3v) is 4.77. The van der Waals surface area contributed by atoms with E-state index in [1.165, 1.54) is 24.3 Å². The first-order valence-corrected chi connectivity index (χ1v) is 9.22. The molecule has 0 aliphatic rings. The highest BCUT2D eigenvalue weighted by Gasteiger charge is 2.11. The zero-order chi connectivity index (χ0) is 20.2. The largest absolute Gasteiger partial charge is 0.289 e. The summed E-state index contributed by atoms with van der Waals surface area (Å²) in [5, 5.41) is 0. The first-order valence-electron chi connectivity index (χ1n) is 9.22. The molecule has 0 aromatic heterocycles. The van der Waals surface area contributed by atoms with Crippen LogP contribution in [-0.2, 0) is 0 Å². The van der Waals surface area contributed by atoms with E-state index < -0.39 is 0 Å². The number of halogens is 1. The standard InChI is InChI=1S/C26H17FO2/c27-24-16-14-23(15-17-24)26(29)22-12-8-19(9-13-22)18-6-10-21(11-7-18)25(28)20-4-2-1-3-5-20/h1-17H. The van der Waals surface area contributed by atoms with Crippen LogP contribution in [0.15, 0.2) is 103 Å². The molecule has 0 aliphatic heterocycles. The number of rotatable bonds is 5. The number of benzene rings is 4. The Morgan fingerprint density at radius 2 is 0.793 bits per heavy atom. The summed E-state index contributed by atoms with van der Waals surface area (Å²) in [4.78, 5) is 25.0. The Hall–Kier alpha value is -3.85. The molecule has 29 heavy (non-hydrogen) atoms. The quantitative estimate of drug-likeness (QED) is 0.401. The summed E-state index contributed by atoms with van der Waals surface area (Å²) >= 11 is 0. The van der Waals surface area contributed by atoms with Gasteiger partial charge in [-0.3, -0.25) is 9.59 Å². The van der Waals surface area contributed by atoms with Gasteiger partial charge in [0.15, 0.2) is 11.6 Å². The van der Waals surface area contributed by atoms with Gasteiger partial charge in [0.1, 0.15) is 5.82 Å². The van der Waals surface area contributed by atoms with Crippen LogP contribution >= 0.6 is 0 Å². The second kappa shape index (κ2) is 8.03. The fourth-order valence-electron chi connectivity index (χ4n) is 3.15. The van der Waals surface area contributed by atoms with E-state index in [2.05, 4.69) is 0 Å². The van der Waals surface area contributed by atoms with Gasteiger partial charge < -0.3 is 0 Å². The van der Waals surface area contributed by atoms with Gasteiger partial charge in [0.2, 0.25) is 0 Å². The molecule has 0 saturated heterocycles. The zero-order valence-corrected chi connectivity index (χ0v) is 15.5. The first kappa shape index (κ1) is 18.5. The van der Waals surface area contributed by atoms with Gasteiger partial charge in [-0.1, -0.05) is 78.9 Å². The summed E-state index contributed by atoms with van der Waals surface area (Å²) < 4.78 is 13.0. The molecule has 0 aliphatic carbocycles. The molecule has 0 heterocycles. The van der Waals surface area contributed by atoms with Crippen LogP contribution in [0.1, 0.15) is 31.8 Å². The Balaban J connectivity index is 1.52. The van der Waals surface area contributed by atoms with Gasteiger partial charge in [0.05, 0.1) is 0 Å². The minimum absolute atomic E-state index is 0.0163. The lowest BCUT2D eigenvalue weighted by molar-refractivity contribution is 0.103. The van der Waals surface area contributed by atoms with Crippen molar-refractivity contribution in [3.8, 4) is 11.1 Å². The molecule has 0 atom stereocenters. The third-order valence-electron chi connectivity index (χ3n) is 4.77. The monoisotopic (exact) mass is 380 g/mol. The van der Waals surface area contributed by atoms with Crippen LogP contribution in [0.25, 0.3) is 11.1 Å². The summed E-state index contributed by atoms with van der Waals surface area (Å²) in [6.45, 7) is 0. The molecule has 2 nitrogen and oxygen atoms in total. The summed E-state index contributed by atoms with van der Waals surface area (Å²) in [6.07, 6.45) is 0. The Labute approximate surface area is 168 Å². The molecule has 0 radical (unpaired) electrons. The molecule has 0 bridgehead atoms. The molecule has 0 amide bonds. The molecule has 3 heteroatoms. The van der Waals surface area contributed by atoms with Crippen molar-refractivity contribution >= 4 is 11.6 Å². The number of hydrogen-bond donors (Lipinski definition) is 0. The maximum absolute atomic E-state index is 13.0. The highest BCUT2D eigenvalue weighted by atomic mass is 19.1. The minimum Gasteiger partial charge on any atom is -0.289 e. The Morgan fingerprint density at radius 1 is 0.448 bits per heavy atom. The topological polar surface area (TPSA) is 34.1 Å². The van der Waals surface area contributed by atoms with Crippen molar-refractivity contribution in [2.24, 2.45) is 0 Å². The number of carbonyl (C=O) groups excluding carboxylic acids is 2. The highest BCUT2D eigenvalue weighted by Crippen LogP contribution is 2.22. The fraction of sp³-hybridized carbons (Fsp3) is 0. The van der Waals surface area contributed by atoms with Gasteiger partial charge in [-0.25, -0.2) is 4.39 Å². The highest BCUT2D eigenvalue weighted by molar-refractivity contribution is 6.10. The van der Waals surface area contributed by atoms with Crippen LogP contribution < -0.4 is 0 Å². The molecule has 0 spiro atoms. The Kier molecular flexibility index (Phi) is 5.12. The summed E-state index contributed by atoms with van der Waals surface area (Å²) in [7, 11) is 0. The molecule has 0 N–H and O–H groups in total. The average molecular weight is 380 g/mol. The van der Waals surface area contributed by atoms with Crippen LogP contribution in [0, 0.1) is 5.82 Å². The molecule has 4 aromatic carbocycles. The maximum Gasteiger partial charge on any atom is 0.193 e. The normalized spacial score (nSPS) is 10.5. The van der Waals surface area contributed by atoms with E-state index in [0.29, 0.717) is 22.3 Å². The minimum atomic E-state index is -0.369. The smallest absolute Gasteiger partial charge is 0.193 e. The van der Waals surface area contributed by atoms with E-state index in [1.54, 1.807) is 24.3 Å². The zero-order valence-electron chi connectivity index (χ0n) is 15.5. The average Bonchev–Trinajstić information content (AvgIpc) is 2.79. The van der Waals surface area contributed by atoms with Crippen molar-refractivity contribution < 1.29 is 14.0 Å². The van der Waals surface area contributed by atoms with E-state index in [0.717, 1.165) is 11.1 Å². The lowest BCUT2D eigenvalue weighted by Crippen LogP contribution is -2.01. The van der Waals surface area contributed by atoms with Gasteiger partial charge in [0.25, 0.3) is 0 Å². The van der Waals surface area contributed by atoms with Crippen molar-refractivity contribution in [3.63, 3.8) is 0 Å². The van der Waals surface area contributed by atoms with E-state index in [9.17, 15) is 14.0 Å². The van der Waals surface area contributed by atoms with Crippen LogP contribution in [0.5, 0.6) is 0 Å².